The van der Waals surface area contributed by atoms with E-state index in [2.05, 4.69) is 41.9 Å². The fourth-order valence-electron chi connectivity index (χ4n) is 3.23. The van der Waals surface area contributed by atoms with Crippen molar-refractivity contribution < 1.29 is 4.42 Å². The molecule has 0 fully saturated rings. The van der Waals surface area contributed by atoms with Gasteiger partial charge in [-0.25, -0.2) is 9.78 Å². The number of fused-ring (bicyclic) bond motifs is 2. The first-order valence-electron chi connectivity index (χ1n) is 8.69. The van der Waals surface area contributed by atoms with Crippen molar-refractivity contribution in [3.05, 3.63) is 51.3 Å². The van der Waals surface area contributed by atoms with E-state index < -0.39 is 0 Å². The van der Waals surface area contributed by atoms with Gasteiger partial charge in [0, 0.05) is 30.2 Å². The molecule has 0 saturated carbocycles. The Labute approximate surface area is 150 Å². The van der Waals surface area contributed by atoms with Gasteiger partial charge in [0.15, 0.2) is 0 Å². The summed E-state index contributed by atoms with van der Waals surface area (Å²) in [4.78, 5) is 20.6. The van der Waals surface area contributed by atoms with E-state index in [-0.39, 0.29) is 5.63 Å². The van der Waals surface area contributed by atoms with Gasteiger partial charge in [0.25, 0.3) is 0 Å². The lowest BCUT2D eigenvalue weighted by Gasteiger charge is -2.20. The summed E-state index contributed by atoms with van der Waals surface area (Å²) < 4.78 is 5.63. The first-order valence-corrected chi connectivity index (χ1v) is 9.50. The smallest absolute Gasteiger partial charge is 0.346 e. The lowest BCUT2D eigenvalue weighted by molar-refractivity contribution is 0.563. The number of thiazole rings is 1. The zero-order valence-electron chi connectivity index (χ0n) is 14.4. The molecule has 0 radical (unpaired) electrons. The first-order chi connectivity index (χ1) is 12.2. The molecule has 0 atom stereocenters. The number of hydrogen-bond acceptors (Lipinski definition) is 5. The molecule has 0 amide bonds. The van der Waals surface area contributed by atoms with Crippen molar-refractivity contribution in [2.24, 2.45) is 0 Å². The lowest BCUT2D eigenvalue weighted by Crippen LogP contribution is -2.21. The third kappa shape index (κ3) is 2.89. The van der Waals surface area contributed by atoms with Gasteiger partial charge >= 0.3 is 5.63 Å². The quantitative estimate of drug-likeness (QED) is 0.637. The molecule has 2 aromatic heterocycles. The van der Waals surface area contributed by atoms with Crippen LogP contribution in [0.25, 0.3) is 27.6 Å². The van der Waals surface area contributed by atoms with Crippen molar-refractivity contribution >= 4 is 34.1 Å². The number of rotatable bonds is 4. The molecule has 3 aromatic rings. The highest BCUT2D eigenvalue weighted by Crippen LogP contribution is 2.32. The molecule has 0 bridgehead atoms. The third-order valence-electron chi connectivity index (χ3n) is 4.62. The number of aryl methyl sites for hydroxylation is 1. The number of hydrogen-bond donors (Lipinski definition) is 0. The molecule has 0 unspecified atom stereocenters. The van der Waals surface area contributed by atoms with Crippen LogP contribution in [0.4, 0.5) is 5.69 Å². The molecule has 2 heterocycles. The average molecular weight is 352 g/mol. The second-order valence-corrected chi connectivity index (χ2v) is 7.14. The highest BCUT2D eigenvalue weighted by atomic mass is 32.1. The van der Waals surface area contributed by atoms with Gasteiger partial charge in [0.1, 0.15) is 10.6 Å². The molecule has 0 N–H and O–H groups in total. The van der Waals surface area contributed by atoms with Gasteiger partial charge in [0.05, 0.1) is 16.1 Å². The van der Waals surface area contributed by atoms with E-state index >= 15 is 0 Å². The van der Waals surface area contributed by atoms with Crippen LogP contribution in [0.2, 0.25) is 0 Å². The van der Waals surface area contributed by atoms with E-state index in [0.29, 0.717) is 11.1 Å². The summed E-state index contributed by atoms with van der Waals surface area (Å²) in [5.41, 5.74) is 3.01. The van der Waals surface area contributed by atoms with Crippen LogP contribution in [-0.2, 0) is 6.42 Å². The van der Waals surface area contributed by atoms with Gasteiger partial charge in [-0.2, -0.15) is 0 Å². The minimum absolute atomic E-state index is 0.320. The Morgan fingerprint density at radius 2 is 2.08 bits per heavy atom. The summed E-state index contributed by atoms with van der Waals surface area (Å²) in [6.45, 7) is 6.07. The zero-order valence-corrected chi connectivity index (χ0v) is 15.2. The van der Waals surface area contributed by atoms with Crippen molar-refractivity contribution in [3.63, 3.8) is 0 Å². The van der Waals surface area contributed by atoms with E-state index in [1.807, 2.05) is 18.2 Å². The van der Waals surface area contributed by atoms with Crippen molar-refractivity contribution in [1.82, 2.24) is 4.98 Å². The maximum absolute atomic E-state index is 12.5. The van der Waals surface area contributed by atoms with Crippen molar-refractivity contribution in [3.8, 4) is 10.6 Å². The van der Waals surface area contributed by atoms with Crippen LogP contribution in [0.5, 0.6) is 0 Å². The van der Waals surface area contributed by atoms with Gasteiger partial charge in [-0.05, 0) is 51.0 Å². The minimum atomic E-state index is -0.320. The maximum Gasteiger partial charge on any atom is 0.346 e. The molecular weight excluding hydrogens is 332 g/mol. The molecule has 5 heteroatoms. The van der Waals surface area contributed by atoms with Crippen LogP contribution in [0, 0.1) is 0 Å². The van der Waals surface area contributed by atoms with E-state index in [1.165, 1.54) is 0 Å². The molecule has 1 aliphatic rings. The predicted octanol–water partition coefficient (Wildman–Crippen LogP) is 4.72. The predicted molar refractivity (Wildman–Crippen MR) is 105 cm³/mol. The molecule has 0 aliphatic heterocycles. The maximum atomic E-state index is 12.5. The molecular formula is C20H20N2O2S. The Kier molecular flexibility index (Phi) is 4.17. The highest BCUT2D eigenvalue weighted by Gasteiger charge is 2.17. The summed E-state index contributed by atoms with van der Waals surface area (Å²) in [5, 5.41) is 1.68. The molecule has 4 nitrogen and oxygen atoms in total. The fourth-order valence-corrected chi connectivity index (χ4v) is 4.28. The summed E-state index contributed by atoms with van der Waals surface area (Å²) in [5.74, 6) is 0. The van der Waals surface area contributed by atoms with E-state index in [1.54, 1.807) is 11.3 Å². The Morgan fingerprint density at radius 3 is 2.84 bits per heavy atom. The summed E-state index contributed by atoms with van der Waals surface area (Å²) in [6.07, 6.45) is 6.20. The third-order valence-corrected chi connectivity index (χ3v) is 5.72. The SMILES string of the molecule is CCN(CC)c1ccc2cc(-c3nc4c(s3)C=CCC4)c(=O)oc2c1. The molecule has 0 saturated heterocycles. The monoisotopic (exact) mass is 352 g/mol. The van der Waals surface area contributed by atoms with E-state index in [4.69, 9.17) is 4.42 Å². The first kappa shape index (κ1) is 16.1. The van der Waals surface area contributed by atoms with Crippen LogP contribution >= 0.6 is 11.3 Å². The molecule has 1 aromatic carbocycles. The number of aromatic nitrogens is 1. The standard InChI is InChI=1S/C20H20N2O2S/c1-3-22(4-2)14-10-9-13-11-15(20(23)24-17(13)12-14)19-21-16-7-5-6-8-18(16)25-19/h6,8-12H,3-5,7H2,1-2H3. The number of benzene rings is 1. The van der Waals surface area contributed by atoms with Gasteiger partial charge in [-0.15, -0.1) is 11.3 Å². The van der Waals surface area contributed by atoms with Gasteiger partial charge in [0.2, 0.25) is 0 Å². The normalized spacial score (nSPS) is 13.2. The van der Waals surface area contributed by atoms with Crippen LogP contribution in [0.15, 0.2) is 39.6 Å². The molecule has 4 rings (SSSR count). The number of allylic oxidation sites excluding steroid dienone is 1. The molecule has 0 spiro atoms. The second-order valence-electron chi connectivity index (χ2n) is 6.11. The molecule has 128 valence electrons. The number of nitrogens with zero attached hydrogens (tertiary/aromatic N) is 2. The van der Waals surface area contributed by atoms with Crippen molar-refractivity contribution in [1.29, 1.82) is 0 Å². The Bertz CT molecular complexity index is 1010. The lowest BCUT2D eigenvalue weighted by atomic mass is 10.1. The van der Waals surface area contributed by atoms with Crippen LogP contribution in [0.3, 0.4) is 0 Å². The molecule has 25 heavy (non-hydrogen) atoms. The Balaban J connectivity index is 1.80. The van der Waals surface area contributed by atoms with Crippen LogP contribution < -0.4 is 10.5 Å². The summed E-state index contributed by atoms with van der Waals surface area (Å²) >= 11 is 1.56. The number of anilines is 1. The zero-order chi connectivity index (χ0) is 17.4. The van der Waals surface area contributed by atoms with Gasteiger partial charge in [-0.3, -0.25) is 0 Å². The minimum Gasteiger partial charge on any atom is -0.422 e. The van der Waals surface area contributed by atoms with Crippen LogP contribution in [-0.4, -0.2) is 18.1 Å². The van der Waals surface area contributed by atoms with Crippen molar-refractivity contribution in [2.75, 3.05) is 18.0 Å². The Hall–Kier alpha value is -2.40. The average Bonchev–Trinajstić information content (AvgIpc) is 3.06. The topological polar surface area (TPSA) is 46.3 Å². The largest absolute Gasteiger partial charge is 0.422 e. The van der Waals surface area contributed by atoms with Crippen molar-refractivity contribution in [2.45, 2.75) is 26.7 Å². The fraction of sp³-hybridized carbons (Fsp3) is 0.300. The highest BCUT2D eigenvalue weighted by molar-refractivity contribution is 7.16. The molecule has 1 aliphatic carbocycles. The summed E-state index contributed by atoms with van der Waals surface area (Å²) in [6, 6.07) is 7.95. The van der Waals surface area contributed by atoms with E-state index in [0.717, 1.165) is 52.6 Å². The van der Waals surface area contributed by atoms with Crippen LogP contribution in [0.1, 0.15) is 30.8 Å². The van der Waals surface area contributed by atoms with Gasteiger partial charge in [-0.1, -0.05) is 6.08 Å². The second kappa shape index (κ2) is 6.48. The van der Waals surface area contributed by atoms with Gasteiger partial charge < -0.3 is 9.32 Å². The summed E-state index contributed by atoms with van der Waals surface area (Å²) in [7, 11) is 0. The van der Waals surface area contributed by atoms with E-state index in [9.17, 15) is 4.79 Å². The Morgan fingerprint density at radius 1 is 1.24 bits per heavy atom.